The Balaban J connectivity index is 0.000000451. The Labute approximate surface area is 159 Å². The molecule has 0 radical (unpaired) electrons. The number of rotatable bonds is 2. The van der Waals surface area contributed by atoms with Gasteiger partial charge in [-0.3, -0.25) is 14.6 Å². The third-order valence-electron chi connectivity index (χ3n) is 2.94. The number of carbonyl (C=O) groups excluding carboxylic acids is 1. The molecule has 0 bridgehead atoms. The average molecular weight is 369 g/mol. The highest BCUT2D eigenvalue weighted by Crippen LogP contribution is 2.08. The van der Waals surface area contributed by atoms with Gasteiger partial charge in [-0.2, -0.15) is 5.10 Å². The summed E-state index contributed by atoms with van der Waals surface area (Å²) in [4.78, 5) is 34.7. The van der Waals surface area contributed by atoms with Crippen LogP contribution in [0, 0.1) is 0 Å². The highest BCUT2D eigenvalue weighted by Gasteiger charge is 2.06. The van der Waals surface area contributed by atoms with Crippen molar-refractivity contribution in [1.82, 2.24) is 14.8 Å². The lowest BCUT2D eigenvalue weighted by Crippen LogP contribution is -2.29. The Morgan fingerprint density at radius 1 is 0.815 bits per heavy atom. The minimum Gasteiger partial charge on any atom is -0.289 e. The molecule has 0 aliphatic rings. The van der Waals surface area contributed by atoms with E-state index in [9.17, 15) is 14.4 Å². The predicted molar refractivity (Wildman–Crippen MR) is 109 cm³/mol. The van der Waals surface area contributed by atoms with E-state index in [0.29, 0.717) is 0 Å². The fourth-order valence-electron chi connectivity index (χ4n) is 1.76. The van der Waals surface area contributed by atoms with Gasteiger partial charge in [-0.05, 0) is 0 Å². The van der Waals surface area contributed by atoms with E-state index >= 15 is 0 Å². The molecule has 2 aromatic carbocycles. The van der Waals surface area contributed by atoms with Crippen LogP contribution in [-0.2, 0) is 7.05 Å². The number of aryl methyl sites for hydroxylation is 1. The van der Waals surface area contributed by atoms with E-state index in [1.165, 1.54) is 7.05 Å². The molecule has 3 rings (SSSR count). The standard InChI is InChI=1S/C13H10O.C4H5N3O2.2C2H6/c14-13(11-7-3-1-4-8-11)12-9-5-2-6-10-12;1-7-4(9)6-3(8)2-5-7;2*1-2/h1-10H;2H,1H3,(H,6,8,9);2*1-2H3. The van der Waals surface area contributed by atoms with Gasteiger partial charge in [0.1, 0.15) is 6.20 Å². The minimum atomic E-state index is -0.498. The molecule has 0 aliphatic heterocycles. The lowest BCUT2D eigenvalue weighted by Gasteiger charge is -1.99. The van der Waals surface area contributed by atoms with Crippen LogP contribution in [0.1, 0.15) is 43.6 Å². The van der Waals surface area contributed by atoms with E-state index in [2.05, 4.69) is 5.10 Å². The molecule has 0 spiro atoms. The van der Waals surface area contributed by atoms with Crippen molar-refractivity contribution in [2.45, 2.75) is 27.7 Å². The van der Waals surface area contributed by atoms with Crippen LogP contribution in [0.25, 0.3) is 0 Å². The quantitative estimate of drug-likeness (QED) is 0.701. The molecule has 27 heavy (non-hydrogen) atoms. The first-order valence-corrected chi connectivity index (χ1v) is 8.85. The van der Waals surface area contributed by atoms with Crippen molar-refractivity contribution in [2.24, 2.45) is 7.05 Å². The Kier molecular flexibility index (Phi) is 12.3. The second-order valence-electron chi connectivity index (χ2n) is 4.62. The number of hydrogen-bond acceptors (Lipinski definition) is 4. The molecule has 144 valence electrons. The van der Waals surface area contributed by atoms with Gasteiger partial charge >= 0.3 is 5.69 Å². The van der Waals surface area contributed by atoms with Crippen LogP contribution in [0.4, 0.5) is 0 Å². The summed E-state index contributed by atoms with van der Waals surface area (Å²) in [7, 11) is 1.46. The van der Waals surface area contributed by atoms with Gasteiger partial charge in [-0.1, -0.05) is 88.4 Å². The van der Waals surface area contributed by atoms with Gasteiger partial charge in [0.15, 0.2) is 5.78 Å². The first-order valence-electron chi connectivity index (χ1n) is 8.85. The normalized spacial score (nSPS) is 8.63. The summed E-state index contributed by atoms with van der Waals surface area (Å²) < 4.78 is 1.04. The first-order chi connectivity index (χ1) is 13.1. The van der Waals surface area contributed by atoms with E-state index < -0.39 is 11.2 Å². The summed E-state index contributed by atoms with van der Waals surface area (Å²) in [6, 6.07) is 18.6. The number of carbonyl (C=O) groups is 1. The molecule has 0 saturated heterocycles. The Morgan fingerprint density at radius 2 is 1.22 bits per heavy atom. The molecule has 0 atom stereocenters. The summed E-state index contributed by atoms with van der Waals surface area (Å²) in [5.74, 6) is 0.0752. The van der Waals surface area contributed by atoms with Crippen LogP contribution in [0.2, 0.25) is 0 Å². The topological polar surface area (TPSA) is 84.8 Å². The largest absolute Gasteiger partial charge is 0.344 e. The van der Waals surface area contributed by atoms with Crippen LogP contribution in [0.5, 0.6) is 0 Å². The lowest BCUT2D eigenvalue weighted by molar-refractivity contribution is 0.103. The molecule has 3 aromatic rings. The number of aromatic amines is 1. The molecular formula is C21H27N3O3. The van der Waals surface area contributed by atoms with Crippen LogP contribution >= 0.6 is 0 Å². The van der Waals surface area contributed by atoms with E-state index in [0.717, 1.165) is 22.0 Å². The number of nitrogens with zero attached hydrogens (tertiary/aromatic N) is 2. The predicted octanol–water partition coefficient (Wildman–Crippen LogP) is 3.44. The highest BCUT2D eigenvalue weighted by molar-refractivity contribution is 6.08. The summed E-state index contributed by atoms with van der Waals surface area (Å²) >= 11 is 0. The Bertz CT molecular complexity index is 844. The minimum absolute atomic E-state index is 0.0752. The first kappa shape index (κ1) is 23.7. The third kappa shape index (κ3) is 8.58. The zero-order valence-electron chi connectivity index (χ0n) is 16.5. The summed E-state index contributed by atoms with van der Waals surface area (Å²) in [5.41, 5.74) is 0.498. The van der Waals surface area contributed by atoms with E-state index in [-0.39, 0.29) is 5.78 Å². The SMILES string of the molecule is CC.CC.Cn1ncc(=O)[nH]c1=O.O=C(c1ccccc1)c1ccccc1. The second kappa shape index (κ2) is 13.9. The van der Waals surface area contributed by atoms with Crippen molar-refractivity contribution in [1.29, 1.82) is 0 Å². The van der Waals surface area contributed by atoms with Crippen molar-refractivity contribution in [3.05, 3.63) is 98.8 Å². The summed E-state index contributed by atoms with van der Waals surface area (Å²) in [6.45, 7) is 8.00. The molecule has 0 fully saturated rings. The van der Waals surface area contributed by atoms with Gasteiger partial charge in [0, 0.05) is 18.2 Å². The van der Waals surface area contributed by atoms with E-state index in [4.69, 9.17) is 0 Å². The summed E-state index contributed by atoms with van der Waals surface area (Å²) in [6.07, 6.45) is 1.04. The van der Waals surface area contributed by atoms with Gasteiger partial charge in [0.05, 0.1) is 0 Å². The number of aromatic nitrogens is 3. The van der Waals surface area contributed by atoms with Crippen LogP contribution in [0.3, 0.4) is 0 Å². The zero-order valence-corrected chi connectivity index (χ0v) is 16.5. The second-order valence-corrected chi connectivity index (χ2v) is 4.62. The number of nitrogens with one attached hydrogen (secondary N) is 1. The van der Waals surface area contributed by atoms with Gasteiger partial charge in [0.25, 0.3) is 5.56 Å². The summed E-state index contributed by atoms with van der Waals surface area (Å²) in [5, 5.41) is 3.44. The van der Waals surface area contributed by atoms with Gasteiger partial charge in [-0.25, -0.2) is 9.48 Å². The fraction of sp³-hybridized carbons (Fsp3) is 0.238. The number of benzene rings is 2. The van der Waals surface area contributed by atoms with Crippen LogP contribution in [0.15, 0.2) is 76.4 Å². The van der Waals surface area contributed by atoms with Crippen molar-refractivity contribution < 1.29 is 4.79 Å². The van der Waals surface area contributed by atoms with Crippen molar-refractivity contribution >= 4 is 5.78 Å². The molecule has 6 heteroatoms. The average Bonchev–Trinajstić information content (AvgIpc) is 2.75. The Morgan fingerprint density at radius 3 is 1.56 bits per heavy atom. The Hall–Kier alpha value is -3.28. The van der Waals surface area contributed by atoms with Crippen LogP contribution in [-0.4, -0.2) is 20.5 Å². The maximum Gasteiger partial charge on any atom is 0.344 e. The zero-order chi connectivity index (χ0) is 20.7. The molecule has 0 amide bonds. The smallest absolute Gasteiger partial charge is 0.289 e. The van der Waals surface area contributed by atoms with E-state index in [1.807, 2.05) is 93.3 Å². The molecule has 0 aliphatic carbocycles. The molecule has 0 unspecified atom stereocenters. The van der Waals surface area contributed by atoms with Gasteiger partial charge in [0.2, 0.25) is 0 Å². The maximum atomic E-state index is 11.8. The molecule has 1 N–H and O–H groups in total. The lowest BCUT2D eigenvalue weighted by atomic mass is 10.0. The number of H-pyrrole nitrogens is 1. The molecule has 1 aromatic heterocycles. The van der Waals surface area contributed by atoms with Crippen LogP contribution < -0.4 is 11.2 Å². The number of hydrogen-bond donors (Lipinski definition) is 1. The monoisotopic (exact) mass is 369 g/mol. The van der Waals surface area contributed by atoms with Gasteiger partial charge < -0.3 is 0 Å². The molecule has 6 nitrogen and oxygen atoms in total. The van der Waals surface area contributed by atoms with E-state index in [1.54, 1.807) is 0 Å². The number of ketones is 1. The van der Waals surface area contributed by atoms with Crippen molar-refractivity contribution in [3.63, 3.8) is 0 Å². The highest BCUT2D eigenvalue weighted by atomic mass is 16.2. The van der Waals surface area contributed by atoms with Crippen molar-refractivity contribution in [2.75, 3.05) is 0 Å². The van der Waals surface area contributed by atoms with Gasteiger partial charge in [-0.15, -0.1) is 0 Å². The molecular weight excluding hydrogens is 342 g/mol. The fourth-order valence-corrected chi connectivity index (χ4v) is 1.76. The maximum absolute atomic E-state index is 11.8. The molecule has 1 heterocycles. The molecule has 0 saturated carbocycles. The third-order valence-corrected chi connectivity index (χ3v) is 2.94. The van der Waals surface area contributed by atoms with Crippen molar-refractivity contribution in [3.8, 4) is 0 Å².